The third-order valence-corrected chi connectivity index (χ3v) is 5.30. The number of benzene rings is 2. The summed E-state index contributed by atoms with van der Waals surface area (Å²) in [7, 11) is 0. The van der Waals surface area contributed by atoms with E-state index in [2.05, 4.69) is 15.5 Å². The van der Waals surface area contributed by atoms with Crippen molar-refractivity contribution in [1.29, 1.82) is 0 Å². The number of anilines is 1. The topological polar surface area (TPSA) is 78.1 Å². The molecule has 4 rings (SSSR count). The van der Waals surface area contributed by atoms with Crippen LogP contribution >= 0.6 is 11.8 Å². The lowest BCUT2D eigenvalue weighted by atomic mass is 10.1. The lowest BCUT2D eigenvalue weighted by Crippen LogP contribution is -2.44. The van der Waals surface area contributed by atoms with Crippen molar-refractivity contribution >= 4 is 40.2 Å². The highest BCUT2D eigenvalue weighted by Crippen LogP contribution is 2.27. The minimum Gasteiger partial charge on any atom is -0.322 e. The first-order chi connectivity index (χ1) is 12.6. The molecule has 0 bridgehead atoms. The van der Waals surface area contributed by atoms with Gasteiger partial charge in [-0.05, 0) is 18.2 Å². The van der Waals surface area contributed by atoms with Crippen molar-refractivity contribution in [2.75, 3.05) is 16.9 Å². The van der Waals surface area contributed by atoms with E-state index in [0.717, 1.165) is 5.39 Å². The number of rotatable bonds is 3. The molecule has 0 saturated carbocycles. The van der Waals surface area contributed by atoms with Gasteiger partial charge in [-0.3, -0.25) is 14.7 Å². The molecule has 3 aromatic rings. The van der Waals surface area contributed by atoms with Crippen molar-refractivity contribution < 1.29 is 14.0 Å². The lowest BCUT2D eigenvalue weighted by Gasteiger charge is -2.23. The molecule has 2 aromatic carbocycles. The molecule has 26 heavy (non-hydrogen) atoms. The fourth-order valence-electron chi connectivity index (χ4n) is 2.94. The predicted octanol–water partition coefficient (Wildman–Crippen LogP) is 2.86. The SMILES string of the molecule is O=C(Nc1ccccc1F)C1CSCN1C(=O)c1cccc2cn[nH]c12. The minimum atomic E-state index is -0.662. The summed E-state index contributed by atoms with van der Waals surface area (Å²) < 4.78 is 13.8. The van der Waals surface area contributed by atoms with E-state index < -0.39 is 17.8 Å². The molecule has 1 aliphatic rings. The maximum absolute atomic E-state index is 13.8. The van der Waals surface area contributed by atoms with Gasteiger partial charge in [-0.15, -0.1) is 11.8 Å². The first-order valence-corrected chi connectivity index (χ1v) is 9.17. The highest BCUT2D eigenvalue weighted by atomic mass is 32.2. The fourth-order valence-corrected chi connectivity index (χ4v) is 4.09. The highest BCUT2D eigenvalue weighted by Gasteiger charge is 2.36. The van der Waals surface area contributed by atoms with Gasteiger partial charge in [-0.1, -0.05) is 24.3 Å². The average Bonchev–Trinajstić information content (AvgIpc) is 3.31. The Labute approximate surface area is 152 Å². The maximum Gasteiger partial charge on any atom is 0.257 e. The molecule has 2 amide bonds. The molecule has 132 valence electrons. The first kappa shape index (κ1) is 16.6. The van der Waals surface area contributed by atoms with Gasteiger partial charge in [0.15, 0.2) is 0 Å². The van der Waals surface area contributed by atoms with E-state index in [1.807, 2.05) is 6.07 Å². The molecule has 1 aliphatic heterocycles. The molecule has 1 atom stereocenters. The smallest absolute Gasteiger partial charge is 0.257 e. The quantitative estimate of drug-likeness (QED) is 0.743. The van der Waals surface area contributed by atoms with Gasteiger partial charge in [0, 0.05) is 11.1 Å². The van der Waals surface area contributed by atoms with Gasteiger partial charge in [0.05, 0.1) is 28.8 Å². The van der Waals surface area contributed by atoms with Crippen LogP contribution in [-0.2, 0) is 4.79 Å². The van der Waals surface area contributed by atoms with Crippen LogP contribution in [0.5, 0.6) is 0 Å². The molecule has 0 spiro atoms. The van der Waals surface area contributed by atoms with E-state index in [9.17, 15) is 14.0 Å². The number of H-pyrrole nitrogens is 1. The van der Waals surface area contributed by atoms with Crippen molar-refractivity contribution in [3.8, 4) is 0 Å². The Morgan fingerprint density at radius 2 is 2.08 bits per heavy atom. The van der Waals surface area contributed by atoms with Crippen LogP contribution in [0.15, 0.2) is 48.7 Å². The van der Waals surface area contributed by atoms with E-state index in [4.69, 9.17) is 0 Å². The van der Waals surface area contributed by atoms with Crippen molar-refractivity contribution in [2.24, 2.45) is 0 Å². The van der Waals surface area contributed by atoms with Gasteiger partial charge in [-0.25, -0.2) is 4.39 Å². The van der Waals surface area contributed by atoms with Gasteiger partial charge < -0.3 is 10.2 Å². The summed E-state index contributed by atoms with van der Waals surface area (Å²) >= 11 is 1.49. The Morgan fingerprint density at radius 3 is 2.92 bits per heavy atom. The van der Waals surface area contributed by atoms with E-state index in [1.165, 1.54) is 28.8 Å². The number of fused-ring (bicyclic) bond motifs is 1. The number of hydrogen-bond acceptors (Lipinski definition) is 4. The Hall–Kier alpha value is -2.87. The zero-order valence-corrected chi connectivity index (χ0v) is 14.4. The maximum atomic E-state index is 13.8. The van der Waals surface area contributed by atoms with Gasteiger partial charge >= 0.3 is 0 Å². The number of thioether (sulfide) groups is 1. The number of hydrogen-bond donors (Lipinski definition) is 2. The molecule has 1 fully saturated rings. The van der Waals surface area contributed by atoms with Crippen LogP contribution < -0.4 is 5.32 Å². The molecule has 1 unspecified atom stereocenters. The Balaban J connectivity index is 1.58. The van der Waals surface area contributed by atoms with Crippen LogP contribution in [0.2, 0.25) is 0 Å². The van der Waals surface area contributed by atoms with Gasteiger partial charge in [0.1, 0.15) is 11.9 Å². The summed E-state index contributed by atoms with van der Waals surface area (Å²) in [6.45, 7) is 0. The first-order valence-electron chi connectivity index (χ1n) is 8.01. The third-order valence-electron chi connectivity index (χ3n) is 4.28. The third kappa shape index (κ3) is 2.92. The number of nitrogens with zero attached hydrogens (tertiary/aromatic N) is 2. The summed E-state index contributed by atoms with van der Waals surface area (Å²) in [5.74, 6) is -0.292. The minimum absolute atomic E-state index is 0.109. The molecule has 2 N–H and O–H groups in total. The molecule has 0 aliphatic carbocycles. The zero-order chi connectivity index (χ0) is 18.1. The van der Waals surface area contributed by atoms with Crippen LogP contribution in [-0.4, -0.2) is 44.6 Å². The van der Waals surface area contributed by atoms with E-state index in [1.54, 1.807) is 30.5 Å². The summed E-state index contributed by atoms with van der Waals surface area (Å²) in [6, 6.07) is 10.6. The standard InChI is InChI=1S/C18H15FN4O2S/c19-13-6-1-2-7-14(13)21-17(24)15-9-26-10-23(15)18(25)12-5-3-4-11-8-20-22-16(11)12/h1-8,15H,9-10H2,(H,20,22)(H,21,24). The van der Waals surface area contributed by atoms with Crippen molar-refractivity contribution in [3.05, 3.63) is 60.0 Å². The second-order valence-electron chi connectivity index (χ2n) is 5.90. The summed E-state index contributed by atoms with van der Waals surface area (Å²) in [5.41, 5.74) is 1.21. The summed E-state index contributed by atoms with van der Waals surface area (Å²) in [4.78, 5) is 27.1. The van der Waals surface area contributed by atoms with Gasteiger partial charge in [0.25, 0.3) is 5.91 Å². The number of aromatic nitrogens is 2. The number of amides is 2. The molecule has 2 heterocycles. The van der Waals surface area contributed by atoms with Gasteiger partial charge in [0.2, 0.25) is 5.91 Å². The molecule has 0 radical (unpaired) electrons. The molecular formula is C18H15FN4O2S. The Bertz CT molecular complexity index is 990. The second kappa shape index (κ2) is 6.80. The molecule has 1 saturated heterocycles. The zero-order valence-electron chi connectivity index (χ0n) is 13.6. The number of nitrogens with one attached hydrogen (secondary N) is 2. The monoisotopic (exact) mass is 370 g/mol. The molecule has 1 aromatic heterocycles. The van der Waals surface area contributed by atoms with Crippen LogP contribution in [0.3, 0.4) is 0 Å². The number of carbonyl (C=O) groups is 2. The molecule has 6 nitrogen and oxygen atoms in total. The molecule has 8 heteroatoms. The largest absolute Gasteiger partial charge is 0.322 e. The summed E-state index contributed by atoms with van der Waals surface area (Å²) in [6.07, 6.45) is 1.65. The van der Waals surface area contributed by atoms with Crippen molar-refractivity contribution in [3.63, 3.8) is 0 Å². The van der Waals surface area contributed by atoms with E-state index in [-0.39, 0.29) is 11.6 Å². The number of halogens is 1. The fraction of sp³-hybridized carbons (Fsp3) is 0.167. The van der Waals surface area contributed by atoms with Crippen LogP contribution in [0.25, 0.3) is 10.9 Å². The van der Waals surface area contributed by atoms with Crippen LogP contribution in [0.4, 0.5) is 10.1 Å². The number of para-hydroxylation sites is 2. The predicted molar refractivity (Wildman–Crippen MR) is 98.4 cm³/mol. The number of carbonyl (C=O) groups excluding carboxylic acids is 2. The van der Waals surface area contributed by atoms with Crippen molar-refractivity contribution in [2.45, 2.75) is 6.04 Å². The van der Waals surface area contributed by atoms with E-state index >= 15 is 0 Å². The average molecular weight is 370 g/mol. The molecular weight excluding hydrogens is 355 g/mol. The van der Waals surface area contributed by atoms with Gasteiger partial charge in [-0.2, -0.15) is 5.10 Å². The van der Waals surface area contributed by atoms with Crippen molar-refractivity contribution in [1.82, 2.24) is 15.1 Å². The lowest BCUT2D eigenvalue weighted by molar-refractivity contribution is -0.119. The Kier molecular flexibility index (Phi) is 4.34. The highest BCUT2D eigenvalue weighted by molar-refractivity contribution is 7.99. The normalized spacial score (nSPS) is 16.8. The van der Waals surface area contributed by atoms with E-state index in [0.29, 0.717) is 22.7 Å². The second-order valence-corrected chi connectivity index (χ2v) is 6.90. The number of aromatic amines is 1. The Morgan fingerprint density at radius 1 is 1.23 bits per heavy atom. The summed E-state index contributed by atoms with van der Waals surface area (Å²) in [5, 5.41) is 10.2. The van der Waals surface area contributed by atoms with Crippen LogP contribution in [0, 0.1) is 5.82 Å². The van der Waals surface area contributed by atoms with Crippen LogP contribution in [0.1, 0.15) is 10.4 Å².